The van der Waals surface area contributed by atoms with Gasteiger partial charge in [0.25, 0.3) is 0 Å². The summed E-state index contributed by atoms with van der Waals surface area (Å²) in [6, 6.07) is 0.806. The van der Waals surface area contributed by atoms with E-state index in [1.807, 2.05) is 11.6 Å². The van der Waals surface area contributed by atoms with E-state index in [-0.39, 0.29) is 0 Å². The lowest BCUT2D eigenvalue weighted by molar-refractivity contribution is 0.723. The van der Waals surface area contributed by atoms with E-state index in [2.05, 4.69) is 15.5 Å². The van der Waals surface area contributed by atoms with Crippen LogP contribution >= 0.6 is 11.8 Å². The van der Waals surface area contributed by atoms with Gasteiger partial charge in [-0.15, -0.1) is 10.2 Å². The van der Waals surface area contributed by atoms with E-state index in [9.17, 15) is 0 Å². The molecule has 0 spiro atoms. The zero-order chi connectivity index (χ0) is 9.10. The number of nitrogens with one attached hydrogen (secondary N) is 1. The van der Waals surface area contributed by atoms with Crippen LogP contribution in [0.2, 0.25) is 0 Å². The Morgan fingerprint density at radius 3 is 3.15 bits per heavy atom. The molecule has 72 valence electrons. The molecule has 0 atom stereocenters. The maximum absolute atomic E-state index is 4.00. The Hall–Kier alpha value is -0.550. The van der Waals surface area contributed by atoms with Crippen LogP contribution in [0.1, 0.15) is 12.8 Å². The summed E-state index contributed by atoms with van der Waals surface area (Å²) in [6.45, 7) is 1.07. The Balaban J connectivity index is 1.64. The van der Waals surface area contributed by atoms with E-state index in [0.717, 1.165) is 23.5 Å². The molecule has 1 saturated carbocycles. The number of nitrogens with zero attached hydrogens (tertiary/aromatic N) is 3. The van der Waals surface area contributed by atoms with Gasteiger partial charge in [-0.1, -0.05) is 11.8 Å². The van der Waals surface area contributed by atoms with E-state index in [1.165, 1.54) is 12.8 Å². The molecule has 1 aliphatic carbocycles. The lowest BCUT2D eigenvalue weighted by Gasteiger charge is -2.01. The van der Waals surface area contributed by atoms with Crippen LogP contribution < -0.4 is 5.32 Å². The summed E-state index contributed by atoms with van der Waals surface area (Å²) < 4.78 is 1.95. The van der Waals surface area contributed by atoms with Gasteiger partial charge in [0.15, 0.2) is 5.16 Å². The Bertz CT molecular complexity index is 269. The Morgan fingerprint density at radius 1 is 1.69 bits per heavy atom. The first-order chi connectivity index (χ1) is 6.36. The van der Waals surface area contributed by atoms with Gasteiger partial charge in [0, 0.05) is 25.4 Å². The van der Waals surface area contributed by atoms with E-state index < -0.39 is 0 Å². The van der Waals surface area contributed by atoms with Crippen molar-refractivity contribution in [2.24, 2.45) is 7.05 Å². The Kier molecular flexibility index (Phi) is 2.85. The molecule has 0 bridgehead atoms. The van der Waals surface area contributed by atoms with E-state index in [4.69, 9.17) is 0 Å². The second kappa shape index (κ2) is 4.11. The zero-order valence-electron chi connectivity index (χ0n) is 7.73. The van der Waals surface area contributed by atoms with Gasteiger partial charge in [-0.25, -0.2) is 0 Å². The summed E-state index contributed by atoms with van der Waals surface area (Å²) in [6.07, 6.45) is 4.44. The first-order valence-corrected chi connectivity index (χ1v) is 5.55. The van der Waals surface area contributed by atoms with Crippen LogP contribution in [-0.4, -0.2) is 33.1 Å². The molecule has 1 aliphatic rings. The average molecular weight is 198 g/mol. The predicted octanol–water partition coefficient (Wildman–Crippen LogP) is 0.659. The van der Waals surface area contributed by atoms with Crippen molar-refractivity contribution in [2.75, 3.05) is 12.3 Å². The standard InChI is InChI=1S/C8H14N4S/c1-12-6-10-11-8(12)13-5-4-9-7-2-3-7/h6-7,9H,2-5H2,1H3. The number of hydrogen-bond acceptors (Lipinski definition) is 4. The molecule has 0 aromatic carbocycles. The molecular formula is C8H14N4S. The van der Waals surface area contributed by atoms with Crippen molar-refractivity contribution in [2.45, 2.75) is 24.0 Å². The maximum Gasteiger partial charge on any atom is 0.190 e. The molecule has 1 aromatic heterocycles. The smallest absolute Gasteiger partial charge is 0.190 e. The fourth-order valence-corrected chi connectivity index (χ4v) is 1.85. The van der Waals surface area contributed by atoms with Crippen LogP contribution in [0, 0.1) is 0 Å². The topological polar surface area (TPSA) is 42.7 Å². The summed E-state index contributed by atoms with van der Waals surface area (Å²) in [5.41, 5.74) is 0. The summed E-state index contributed by atoms with van der Waals surface area (Å²) in [5, 5.41) is 12.3. The number of hydrogen-bond donors (Lipinski definition) is 1. The lowest BCUT2D eigenvalue weighted by atomic mass is 10.6. The highest BCUT2D eigenvalue weighted by Crippen LogP contribution is 2.19. The molecular weight excluding hydrogens is 184 g/mol. The van der Waals surface area contributed by atoms with Crippen molar-refractivity contribution in [3.8, 4) is 0 Å². The third-order valence-electron chi connectivity index (χ3n) is 2.01. The summed E-state index contributed by atoms with van der Waals surface area (Å²) in [7, 11) is 1.97. The summed E-state index contributed by atoms with van der Waals surface area (Å²) in [5.74, 6) is 1.07. The van der Waals surface area contributed by atoms with Gasteiger partial charge < -0.3 is 9.88 Å². The molecule has 5 heteroatoms. The molecule has 0 unspecified atom stereocenters. The molecule has 2 rings (SSSR count). The van der Waals surface area contributed by atoms with Crippen molar-refractivity contribution in [1.29, 1.82) is 0 Å². The van der Waals surface area contributed by atoms with Crippen molar-refractivity contribution < 1.29 is 0 Å². The van der Waals surface area contributed by atoms with E-state index in [0.29, 0.717) is 0 Å². The van der Waals surface area contributed by atoms with Gasteiger partial charge in [0.2, 0.25) is 0 Å². The maximum atomic E-state index is 4.00. The van der Waals surface area contributed by atoms with Crippen LogP contribution in [-0.2, 0) is 7.05 Å². The van der Waals surface area contributed by atoms with Crippen molar-refractivity contribution in [1.82, 2.24) is 20.1 Å². The van der Waals surface area contributed by atoms with Gasteiger partial charge in [0.05, 0.1) is 0 Å². The molecule has 1 aromatic rings. The monoisotopic (exact) mass is 198 g/mol. The highest BCUT2D eigenvalue weighted by atomic mass is 32.2. The van der Waals surface area contributed by atoms with Crippen LogP contribution in [0.25, 0.3) is 0 Å². The molecule has 0 aliphatic heterocycles. The second-order valence-electron chi connectivity index (χ2n) is 3.30. The van der Waals surface area contributed by atoms with Crippen LogP contribution in [0.5, 0.6) is 0 Å². The highest BCUT2D eigenvalue weighted by Gasteiger charge is 2.19. The molecule has 0 saturated heterocycles. The van der Waals surface area contributed by atoms with Gasteiger partial charge >= 0.3 is 0 Å². The van der Waals surface area contributed by atoms with E-state index >= 15 is 0 Å². The average Bonchev–Trinajstić information content (AvgIpc) is 2.86. The predicted molar refractivity (Wildman–Crippen MR) is 52.8 cm³/mol. The van der Waals surface area contributed by atoms with Gasteiger partial charge in [0.1, 0.15) is 6.33 Å². The molecule has 13 heavy (non-hydrogen) atoms. The van der Waals surface area contributed by atoms with Gasteiger partial charge in [-0.3, -0.25) is 0 Å². The largest absolute Gasteiger partial charge is 0.313 e. The number of aryl methyl sites for hydroxylation is 1. The Labute approximate surface area is 82.1 Å². The SMILES string of the molecule is Cn1cnnc1SCCNC1CC1. The molecule has 1 heterocycles. The minimum atomic E-state index is 0.806. The van der Waals surface area contributed by atoms with E-state index in [1.54, 1.807) is 18.1 Å². The quantitative estimate of drug-likeness (QED) is 0.557. The van der Waals surface area contributed by atoms with Gasteiger partial charge in [-0.2, -0.15) is 0 Å². The van der Waals surface area contributed by atoms with Crippen LogP contribution in [0.3, 0.4) is 0 Å². The normalized spacial score (nSPS) is 16.4. The zero-order valence-corrected chi connectivity index (χ0v) is 8.55. The van der Waals surface area contributed by atoms with Crippen molar-refractivity contribution in [3.05, 3.63) is 6.33 Å². The van der Waals surface area contributed by atoms with Crippen molar-refractivity contribution >= 4 is 11.8 Å². The third kappa shape index (κ3) is 2.70. The third-order valence-corrected chi connectivity index (χ3v) is 3.05. The number of thioether (sulfide) groups is 1. The fraction of sp³-hybridized carbons (Fsp3) is 0.750. The molecule has 4 nitrogen and oxygen atoms in total. The fourth-order valence-electron chi connectivity index (χ4n) is 1.10. The van der Waals surface area contributed by atoms with Crippen LogP contribution in [0.15, 0.2) is 11.5 Å². The van der Waals surface area contributed by atoms with Gasteiger partial charge in [-0.05, 0) is 12.8 Å². The molecule has 0 radical (unpaired) electrons. The number of rotatable bonds is 5. The summed E-state index contributed by atoms with van der Waals surface area (Å²) in [4.78, 5) is 0. The first-order valence-electron chi connectivity index (χ1n) is 4.56. The minimum Gasteiger partial charge on any atom is -0.313 e. The molecule has 1 N–H and O–H groups in total. The summed E-state index contributed by atoms with van der Waals surface area (Å²) >= 11 is 1.75. The number of aromatic nitrogens is 3. The van der Waals surface area contributed by atoms with Crippen LogP contribution in [0.4, 0.5) is 0 Å². The second-order valence-corrected chi connectivity index (χ2v) is 4.36. The molecule has 0 amide bonds. The Morgan fingerprint density at radius 2 is 2.54 bits per heavy atom. The van der Waals surface area contributed by atoms with Crippen molar-refractivity contribution in [3.63, 3.8) is 0 Å². The first kappa shape index (κ1) is 9.02. The molecule has 1 fully saturated rings. The lowest BCUT2D eigenvalue weighted by Crippen LogP contribution is -2.19. The highest BCUT2D eigenvalue weighted by molar-refractivity contribution is 7.99. The minimum absolute atomic E-state index is 0.806.